The lowest BCUT2D eigenvalue weighted by molar-refractivity contribution is 0.0989. The predicted octanol–water partition coefficient (Wildman–Crippen LogP) is 4.39. The second-order valence-electron chi connectivity index (χ2n) is 5.32. The van der Waals surface area contributed by atoms with Gasteiger partial charge < -0.3 is 9.15 Å². The van der Waals surface area contributed by atoms with Gasteiger partial charge >= 0.3 is 0 Å². The lowest BCUT2D eigenvalue weighted by atomic mass is 10.1. The van der Waals surface area contributed by atoms with Gasteiger partial charge in [0.05, 0.1) is 23.5 Å². The van der Waals surface area contributed by atoms with Gasteiger partial charge in [-0.1, -0.05) is 23.9 Å². The van der Waals surface area contributed by atoms with Gasteiger partial charge in [-0.2, -0.15) is 0 Å². The van der Waals surface area contributed by atoms with Crippen molar-refractivity contribution in [3.05, 3.63) is 59.7 Å². The van der Waals surface area contributed by atoms with Crippen molar-refractivity contribution in [2.45, 2.75) is 17.4 Å². The van der Waals surface area contributed by atoms with Crippen molar-refractivity contribution in [2.24, 2.45) is 0 Å². The number of rotatable bonds is 6. The number of hydrogen-bond acceptors (Lipinski definition) is 6. The number of carbonyl (C=O) groups excluding carboxylic acids is 1. The minimum atomic E-state index is -0.900. The molecule has 1 unspecified atom stereocenters. The van der Waals surface area contributed by atoms with E-state index in [0.717, 1.165) is 23.9 Å². The maximum Gasteiger partial charge on any atom is 0.277 e. The molecule has 1 heterocycles. The summed E-state index contributed by atoms with van der Waals surface area (Å²) >= 11 is 0.997. The molecule has 1 aromatic heterocycles. The normalized spacial score (nSPS) is 12.0. The number of hydrogen-bond donors (Lipinski definition) is 0. The van der Waals surface area contributed by atoms with Crippen LogP contribution >= 0.6 is 11.8 Å². The zero-order valence-electron chi connectivity index (χ0n) is 13.9. The van der Waals surface area contributed by atoms with Crippen LogP contribution in [0.3, 0.4) is 0 Å². The first kappa shape index (κ1) is 18.1. The van der Waals surface area contributed by atoms with Crippen LogP contribution in [0.15, 0.2) is 52.1 Å². The second kappa shape index (κ2) is 7.65. The number of nitrogens with zero attached hydrogens (tertiary/aromatic N) is 2. The van der Waals surface area contributed by atoms with E-state index in [1.54, 1.807) is 25.1 Å². The predicted molar refractivity (Wildman–Crippen MR) is 92.3 cm³/mol. The van der Waals surface area contributed by atoms with Crippen molar-refractivity contribution in [1.82, 2.24) is 10.2 Å². The molecule has 2 aromatic carbocycles. The lowest BCUT2D eigenvalue weighted by Crippen LogP contribution is -2.15. The van der Waals surface area contributed by atoms with Crippen LogP contribution in [0.5, 0.6) is 5.75 Å². The standard InChI is InChI=1S/C18H14F2N2O3S/c1-10(16(23)12-8-7-11(19)9-14(12)20)26-18-22-21-17(25-18)13-5-3-4-6-15(13)24-2/h3-10H,1-2H3. The minimum Gasteiger partial charge on any atom is -0.496 e. The van der Waals surface area contributed by atoms with Crippen LogP contribution in [-0.4, -0.2) is 28.3 Å². The lowest BCUT2D eigenvalue weighted by Gasteiger charge is -2.08. The molecule has 134 valence electrons. The third-order valence-corrected chi connectivity index (χ3v) is 4.52. The number of ketones is 1. The van der Waals surface area contributed by atoms with Gasteiger partial charge in [0.25, 0.3) is 11.1 Å². The summed E-state index contributed by atoms with van der Waals surface area (Å²) in [5.41, 5.74) is 0.439. The van der Waals surface area contributed by atoms with Gasteiger partial charge in [0, 0.05) is 6.07 Å². The number of aromatic nitrogens is 2. The Hall–Kier alpha value is -2.74. The van der Waals surface area contributed by atoms with Gasteiger partial charge in [0.2, 0.25) is 0 Å². The number of halogens is 2. The highest BCUT2D eigenvalue weighted by molar-refractivity contribution is 8.00. The maximum atomic E-state index is 13.8. The van der Waals surface area contributed by atoms with E-state index >= 15 is 0 Å². The molecule has 0 aliphatic heterocycles. The van der Waals surface area contributed by atoms with Crippen LogP contribution < -0.4 is 4.74 Å². The molecule has 0 aliphatic rings. The Balaban J connectivity index is 1.77. The Morgan fingerprint density at radius 1 is 1.19 bits per heavy atom. The van der Waals surface area contributed by atoms with E-state index in [-0.39, 0.29) is 16.7 Å². The minimum absolute atomic E-state index is 0.161. The Morgan fingerprint density at radius 3 is 2.69 bits per heavy atom. The van der Waals surface area contributed by atoms with E-state index < -0.39 is 22.7 Å². The van der Waals surface area contributed by atoms with Gasteiger partial charge in [-0.25, -0.2) is 8.78 Å². The average molecular weight is 376 g/mol. The van der Waals surface area contributed by atoms with Crippen molar-refractivity contribution in [3.8, 4) is 17.2 Å². The SMILES string of the molecule is COc1ccccc1-c1nnc(SC(C)C(=O)c2ccc(F)cc2F)o1. The molecule has 0 fully saturated rings. The molecular formula is C18H14F2N2O3S. The molecule has 0 N–H and O–H groups in total. The summed E-state index contributed by atoms with van der Waals surface area (Å²) in [6.45, 7) is 1.59. The van der Waals surface area contributed by atoms with Crippen LogP contribution in [0, 0.1) is 11.6 Å². The summed E-state index contributed by atoms with van der Waals surface area (Å²) in [7, 11) is 1.53. The Morgan fingerprint density at radius 2 is 1.96 bits per heavy atom. The smallest absolute Gasteiger partial charge is 0.277 e. The van der Waals surface area contributed by atoms with Crippen LogP contribution in [0.1, 0.15) is 17.3 Å². The molecule has 0 radical (unpaired) electrons. The molecule has 5 nitrogen and oxygen atoms in total. The number of carbonyl (C=O) groups is 1. The van der Waals surface area contributed by atoms with Gasteiger partial charge in [0.15, 0.2) is 5.78 Å². The summed E-state index contributed by atoms with van der Waals surface area (Å²) in [5, 5.41) is 7.33. The Labute approximate surface area is 152 Å². The van der Waals surface area contributed by atoms with Gasteiger partial charge in [0.1, 0.15) is 17.4 Å². The number of ether oxygens (including phenoxy) is 1. The van der Waals surface area contributed by atoms with Crippen molar-refractivity contribution < 1.29 is 22.7 Å². The highest BCUT2D eigenvalue weighted by Gasteiger charge is 2.23. The number of thioether (sulfide) groups is 1. The summed E-state index contributed by atoms with van der Waals surface area (Å²) in [5.74, 6) is -1.31. The maximum absolute atomic E-state index is 13.8. The number of methoxy groups -OCH3 is 1. The van der Waals surface area contributed by atoms with E-state index in [0.29, 0.717) is 17.4 Å². The summed E-state index contributed by atoms with van der Waals surface area (Å²) in [6, 6.07) is 9.99. The van der Waals surface area contributed by atoms with E-state index in [2.05, 4.69) is 10.2 Å². The van der Waals surface area contributed by atoms with Gasteiger partial charge in [-0.3, -0.25) is 4.79 Å². The number of Topliss-reactive ketones (excluding diaryl/α,β-unsaturated/α-hetero) is 1. The molecule has 0 saturated carbocycles. The number of benzene rings is 2. The molecule has 0 saturated heterocycles. The zero-order valence-corrected chi connectivity index (χ0v) is 14.7. The fourth-order valence-electron chi connectivity index (χ4n) is 2.30. The molecule has 1 atom stereocenters. The van der Waals surface area contributed by atoms with Crippen molar-refractivity contribution in [3.63, 3.8) is 0 Å². The van der Waals surface area contributed by atoms with Crippen LogP contribution in [0.2, 0.25) is 0 Å². The number of para-hydroxylation sites is 1. The molecule has 3 rings (SSSR count). The summed E-state index contributed by atoms with van der Waals surface area (Å²) in [6.07, 6.45) is 0. The van der Waals surface area contributed by atoms with E-state index in [4.69, 9.17) is 9.15 Å². The molecule has 3 aromatic rings. The van der Waals surface area contributed by atoms with Crippen molar-refractivity contribution in [2.75, 3.05) is 7.11 Å². The quantitative estimate of drug-likeness (QED) is 0.470. The molecule has 0 aliphatic carbocycles. The molecular weight excluding hydrogens is 362 g/mol. The third kappa shape index (κ3) is 3.75. The van der Waals surface area contributed by atoms with Crippen molar-refractivity contribution >= 4 is 17.5 Å². The Bertz CT molecular complexity index is 946. The first-order valence-electron chi connectivity index (χ1n) is 7.62. The molecule has 8 heteroatoms. The van der Waals surface area contributed by atoms with Crippen LogP contribution in [0.25, 0.3) is 11.5 Å². The molecule has 0 spiro atoms. The fourth-order valence-corrected chi connectivity index (χ4v) is 3.05. The summed E-state index contributed by atoms with van der Waals surface area (Å²) < 4.78 is 37.6. The largest absolute Gasteiger partial charge is 0.496 e. The van der Waals surface area contributed by atoms with Gasteiger partial charge in [-0.15, -0.1) is 10.2 Å². The molecule has 0 amide bonds. The average Bonchev–Trinajstić information content (AvgIpc) is 3.09. The molecule has 26 heavy (non-hydrogen) atoms. The highest BCUT2D eigenvalue weighted by Crippen LogP contribution is 2.32. The van der Waals surface area contributed by atoms with Crippen molar-refractivity contribution in [1.29, 1.82) is 0 Å². The molecule has 0 bridgehead atoms. The summed E-state index contributed by atoms with van der Waals surface area (Å²) in [4.78, 5) is 12.4. The van der Waals surface area contributed by atoms with E-state index in [1.165, 1.54) is 7.11 Å². The zero-order chi connectivity index (χ0) is 18.7. The Kier molecular flexibility index (Phi) is 5.32. The first-order chi connectivity index (χ1) is 12.5. The monoisotopic (exact) mass is 376 g/mol. The van der Waals surface area contributed by atoms with Gasteiger partial charge in [-0.05, 0) is 31.2 Å². The highest BCUT2D eigenvalue weighted by atomic mass is 32.2. The third-order valence-electron chi connectivity index (χ3n) is 3.59. The van der Waals surface area contributed by atoms with Crippen LogP contribution in [0.4, 0.5) is 8.78 Å². The van der Waals surface area contributed by atoms with Crippen LogP contribution in [-0.2, 0) is 0 Å². The van der Waals surface area contributed by atoms with E-state index in [1.807, 2.05) is 6.07 Å². The first-order valence-corrected chi connectivity index (χ1v) is 8.50. The topological polar surface area (TPSA) is 65.2 Å². The van der Waals surface area contributed by atoms with E-state index in [9.17, 15) is 13.6 Å². The second-order valence-corrected chi connectivity index (χ2v) is 6.61. The fraction of sp³-hybridized carbons (Fsp3) is 0.167.